The topological polar surface area (TPSA) is 15.3 Å². The minimum absolute atomic E-state index is 0.134. The van der Waals surface area contributed by atoms with E-state index in [2.05, 4.69) is 85.6 Å². The van der Waals surface area contributed by atoms with Gasteiger partial charge in [-0.1, -0.05) is 42.5 Å². The summed E-state index contributed by atoms with van der Waals surface area (Å²) in [6.45, 7) is 8.70. The largest absolute Gasteiger partial charge is 0.361 e. The first-order valence-corrected chi connectivity index (χ1v) is 7.68. The molecule has 0 bridgehead atoms. The molecule has 21 heavy (non-hydrogen) atoms. The minimum atomic E-state index is 0.134. The molecule has 3 rings (SSSR count). The molecule has 0 amide bonds. The van der Waals surface area contributed by atoms with Gasteiger partial charge < -0.3 is 10.2 Å². The molecule has 2 heteroatoms. The van der Waals surface area contributed by atoms with Gasteiger partial charge in [0.25, 0.3) is 0 Å². The second kappa shape index (κ2) is 5.53. The van der Waals surface area contributed by atoms with E-state index in [9.17, 15) is 0 Å². The molecule has 1 heterocycles. The van der Waals surface area contributed by atoms with Crippen LogP contribution in [-0.2, 0) is 0 Å². The summed E-state index contributed by atoms with van der Waals surface area (Å²) in [5.41, 5.74) is 4.14. The highest BCUT2D eigenvalue weighted by Gasteiger charge is 2.33. The van der Waals surface area contributed by atoms with E-state index < -0.39 is 0 Å². The molecule has 1 aliphatic rings. The van der Waals surface area contributed by atoms with Crippen molar-refractivity contribution in [2.24, 2.45) is 0 Å². The summed E-state index contributed by atoms with van der Waals surface area (Å²) in [6, 6.07) is 20.0. The third-order valence-electron chi connectivity index (χ3n) is 4.23. The molecule has 1 saturated heterocycles. The van der Waals surface area contributed by atoms with Gasteiger partial charge in [0, 0.05) is 24.3 Å². The number of hydrogen-bond donors (Lipinski definition) is 1. The Morgan fingerprint density at radius 1 is 1.05 bits per heavy atom. The molecular weight excluding hydrogens is 256 g/mol. The van der Waals surface area contributed by atoms with E-state index in [4.69, 9.17) is 0 Å². The van der Waals surface area contributed by atoms with Gasteiger partial charge in [0.2, 0.25) is 0 Å². The highest BCUT2D eigenvalue weighted by Crippen LogP contribution is 2.32. The lowest BCUT2D eigenvalue weighted by atomic mass is 9.94. The summed E-state index contributed by atoms with van der Waals surface area (Å²) in [4.78, 5) is 2.54. The van der Waals surface area contributed by atoms with Crippen LogP contribution in [0.25, 0.3) is 0 Å². The van der Waals surface area contributed by atoms with E-state index in [1.54, 1.807) is 0 Å². The summed E-state index contributed by atoms with van der Waals surface area (Å²) < 4.78 is 0. The molecular formula is C19H24N2. The number of benzene rings is 2. The number of piperazine rings is 1. The summed E-state index contributed by atoms with van der Waals surface area (Å²) in [5, 5.41) is 3.68. The van der Waals surface area contributed by atoms with Gasteiger partial charge in [-0.25, -0.2) is 0 Å². The van der Waals surface area contributed by atoms with E-state index in [0.717, 1.165) is 13.1 Å². The summed E-state index contributed by atoms with van der Waals surface area (Å²) in [5.74, 6) is 0. The Morgan fingerprint density at radius 2 is 1.81 bits per heavy atom. The molecule has 2 aromatic rings. The Hall–Kier alpha value is -1.80. The number of aryl methyl sites for hydroxylation is 1. The monoisotopic (exact) mass is 280 g/mol. The lowest BCUT2D eigenvalue weighted by Crippen LogP contribution is -2.58. The van der Waals surface area contributed by atoms with Crippen LogP contribution in [0.3, 0.4) is 0 Å². The van der Waals surface area contributed by atoms with Gasteiger partial charge in [0.05, 0.1) is 6.04 Å². The van der Waals surface area contributed by atoms with E-state index in [0.29, 0.717) is 6.04 Å². The predicted molar refractivity (Wildman–Crippen MR) is 89.8 cm³/mol. The fraction of sp³-hybridized carbons (Fsp3) is 0.368. The molecule has 0 saturated carbocycles. The zero-order valence-electron chi connectivity index (χ0n) is 13.1. The third-order valence-corrected chi connectivity index (χ3v) is 4.23. The molecule has 1 aliphatic heterocycles. The van der Waals surface area contributed by atoms with Crippen molar-refractivity contribution in [1.82, 2.24) is 5.32 Å². The van der Waals surface area contributed by atoms with Crippen molar-refractivity contribution in [3.05, 3.63) is 65.7 Å². The van der Waals surface area contributed by atoms with Gasteiger partial charge in [-0.15, -0.1) is 0 Å². The van der Waals surface area contributed by atoms with Gasteiger partial charge >= 0.3 is 0 Å². The van der Waals surface area contributed by atoms with Gasteiger partial charge in [-0.05, 0) is 44.0 Å². The van der Waals surface area contributed by atoms with E-state index in [1.165, 1.54) is 16.8 Å². The summed E-state index contributed by atoms with van der Waals surface area (Å²) in [7, 11) is 0. The highest BCUT2D eigenvalue weighted by molar-refractivity contribution is 5.52. The van der Waals surface area contributed by atoms with Crippen LogP contribution in [0.15, 0.2) is 54.6 Å². The predicted octanol–water partition coefficient (Wildman–Crippen LogP) is 3.92. The maximum absolute atomic E-state index is 3.68. The average Bonchev–Trinajstić information content (AvgIpc) is 2.47. The highest BCUT2D eigenvalue weighted by atomic mass is 15.3. The van der Waals surface area contributed by atoms with Gasteiger partial charge in [0.1, 0.15) is 0 Å². The third kappa shape index (κ3) is 3.11. The molecule has 1 fully saturated rings. The Morgan fingerprint density at radius 3 is 2.52 bits per heavy atom. The molecule has 1 unspecified atom stereocenters. The van der Waals surface area contributed by atoms with Crippen molar-refractivity contribution >= 4 is 5.69 Å². The van der Waals surface area contributed by atoms with Crippen LogP contribution in [0.5, 0.6) is 0 Å². The zero-order valence-corrected chi connectivity index (χ0v) is 13.1. The van der Waals surface area contributed by atoms with Gasteiger partial charge in [0.15, 0.2) is 0 Å². The minimum Gasteiger partial charge on any atom is -0.361 e. The maximum atomic E-state index is 3.68. The molecule has 1 atom stereocenters. The van der Waals surface area contributed by atoms with E-state index in [-0.39, 0.29) is 5.54 Å². The second-order valence-corrected chi connectivity index (χ2v) is 6.66. The number of rotatable bonds is 2. The van der Waals surface area contributed by atoms with E-state index in [1.807, 2.05) is 0 Å². The fourth-order valence-corrected chi connectivity index (χ4v) is 3.13. The Balaban J connectivity index is 1.98. The van der Waals surface area contributed by atoms with Crippen molar-refractivity contribution in [2.75, 3.05) is 18.0 Å². The number of hydrogen-bond acceptors (Lipinski definition) is 2. The Bertz CT molecular complexity index is 604. The molecule has 0 spiro atoms. The first-order valence-electron chi connectivity index (χ1n) is 7.68. The normalized spacial score (nSPS) is 21.3. The molecule has 1 N–H and O–H groups in total. The first-order chi connectivity index (χ1) is 10.1. The zero-order chi connectivity index (χ0) is 14.9. The number of nitrogens with one attached hydrogen (secondary N) is 1. The first kappa shape index (κ1) is 14.2. The van der Waals surface area contributed by atoms with Gasteiger partial charge in [-0.2, -0.15) is 0 Å². The standard InChI is InChI=1S/C19H24N2/c1-15-8-7-11-17(12-15)21-14-19(2,3)20-13-18(21)16-9-5-4-6-10-16/h4-12,18,20H,13-14H2,1-3H3. The maximum Gasteiger partial charge on any atom is 0.0668 e. The number of anilines is 1. The average molecular weight is 280 g/mol. The van der Waals surface area contributed by atoms with Crippen molar-refractivity contribution < 1.29 is 0 Å². The molecule has 0 aromatic heterocycles. The molecule has 110 valence electrons. The van der Waals surface area contributed by atoms with Crippen LogP contribution in [-0.4, -0.2) is 18.6 Å². The van der Waals surface area contributed by atoms with Crippen molar-refractivity contribution in [1.29, 1.82) is 0 Å². The lowest BCUT2D eigenvalue weighted by molar-refractivity contribution is 0.312. The molecule has 2 nitrogen and oxygen atoms in total. The number of nitrogens with zero attached hydrogens (tertiary/aromatic N) is 1. The summed E-state index contributed by atoms with van der Waals surface area (Å²) in [6.07, 6.45) is 0. The van der Waals surface area contributed by atoms with Gasteiger partial charge in [-0.3, -0.25) is 0 Å². The smallest absolute Gasteiger partial charge is 0.0668 e. The van der Waals surface area contributed by atoms with Crippen LogP contribution in [0.2, 0.25) is 0 Å². The molecule has 2 aromatic carbocycles. The SMILES string of the molecule is Cc1cccc(N2CC(C)(C)NCC2c2ccccc2)c1. The van der Waals surface area contributed by atoms with Crippen LogP contribution in [0.4, 0.5) is 5.69 Å². The van der Waals surface area contributed by atoms with Crippen LogP contribution in [0, 0.1) is 6.92 Å². The van der Waals surface area contributed by atoms with E-state index >= 15 is 0 Å². The van der Waals surface area contributed by atoms with Crippen molar-refractivity contribution in [3.63, 3.8) is 0 Å². The summed E-state index contributed by atoms with van der Waals surface area (Å²) >= 11 is 0. The van der Waals surface area contributed by atoms with Crippen molar-refractivity contribution in [3.8, 4) is 0 Å². The quantitative estimate of drug-likeness (QED) is 0.897. The van der Waals surface area contributed by atoms with Crippen molar-refractivity contribution in [2.45, 2.75) is 32.4 Å². The molecule has 0 aliphatic carbocycles. The molecule has 0 radical (unpaired) electrons. The van der Waals surface area contributed by atoms with Crippen LogP contribution < -0.4 is 10.2 Å². The van der Waals surface area contributed by atoms with Crippen LogP contribution in [0.1, 0.15) is 31.0 Å². The fourth-order valence-electron chi connectivity index (χ4n) is 3.13. The lowest BCUT2D eigenvalue weighted by Gasteiger charge is -2.46. The Kier molecular flexibility index (Phi) is 3.73. The Labute approximate surface area is 127 Å². The second-order valence-electron chi connectivity index (χ2n) is 6.66. The van der Waals surface area contributed by atoms with Crippen LogP contribution >= 0.6 is 0 Å².